The Morgan fingerprint density at radius 3 is 2.84 bits per heavy atom. The van der Waals surface area contributed by atoms with Gasteiger partial charge in [-0.15, -0.1) is 0 Å². The summed E-state index contributed by atoms with van der Waals surface area (Å²) in [6.07, 6.45) is 2.05. The second-order valence-electron chi connectivity index (χ2n) is 6.24. The van der Waals surface area contributed by atoms with E-state index in [1.165, 1.54) is 5.56 Å². The van der Waals surface area contributed by atoms with Crippen molar-refractivity contribution in [2.75, 3.05) is 18.9 Å². The van der Waals surface area contributed by atoms with Crippen molar-refractivity contribution in [3.8, 4) is 0 Å². The molecule has 1 unspecified atom stereocenters. The highest BCUT2D eigenvalue weighted by atomic mass is 16.2. The fraction of sp³-hybridized carbons (Fsp3) is 0.562. The van der Waals surface area contributed by atoms with Gasteiger partial charge in [0.1, 0.15) is 0 Å². The minimum absolute atomic E-state index is 0.193. The predicted octanol–water partition coefficient (Wildman–Crippen LogP) is 2.63. The summed E-state index contributed by atoms with van der Waals surface area (Å²) in [5.41, 5.74) is 1.86. The van der Waals surface area contributed by atoms with Gasteiger partial charge in [-0.05, 0) is 44.0 Å². The number of likely N-dealkylation sites (N-methyl/N-ethyl adjacent to an activating group) is 1. The highest BCUT2D eigenvalue weighted by Crippen LogP contribution is 2.48. The Morgan fingerprint density at radius 1 is 1.37 bits per heavy atom. The van der Waals surface area contributed by atoms with Crippen LogP contribution in [0.25, 0.3) is 0 Å². The lowest BCUT2D eigenvalue weighted by molar-refractivity contribution is -0.126. The number of piperidine rings is 1. The zero-order valence-corrected chi connectivity index (χ0v) is 11.9. The topological polar surface area (TPSA) is 32.3 Å². The average molecular weight is 258 g/mol. The average Bonchev–Trinajstić information content (AvgIpc) is 2.63. The lowest BCUT2D eigenvalue weighted by Crippen LogP contribution is -2.59. The third-order valence-corrected chi connectivity index (χ3v) is 4.75. The molecular weight excluding hydrogens is 236 g/mol. The molecule has 0 aliphatic carbocycles. The summed E-state index contributed by atoms with van der Waals surface area (Å²) in [5, 5.41) is 3.10. The molecule has 0 bridgehead atoms. The zero-order chi connectivity index (χ0) is 13.6. The van der Waals surface area contributed by atoms with Crippen LogP contribution in [0.5, 0.6) is 0 Å². The van der Waals surface area contributed by atoms with Crippen molar-refractivity contribution >= 4 is 11.6 Å². The van der Waals surface area contributed by atoms with Crippen LogP contribution >= 0.6 is 0 Å². The Morgan fingerprint density at radius 2 is 2.11 bits per heavy atom. The molecule has 0 radical (unpaired) electrons. The first-order chi connectivity index (χ1) is 9.07. The molecule has 2 aliphatic heterocycles. The highest BCUT2D eigenvalue weighted by Gasteiger charge is 2.55. The van der Waals surface area contributed by atoms with Gasteiger partial charge in [-0.25, -0.2) is 0 Å². The van der Waals surface area contributed by atoms with E-state index in [4.69, 9.17) is 0 Å². The zero-order valence-electron chi connectivity index (χ0n) is 11.9. The second-order valence-corrected chi connectivity index (χ2v) is 6.24. The van der Waals surface area contributed by atoms with E-state index < -0.39 is 0 Å². The molecule has 102 valence electrons. The van der Waals surface area contributed by atoms with E-state index in [-0.39, 0.29) is 17.4 Å². The van der Waals surface area contributed by atoms with Gasteiger partial charge in [0.15, 0.2) is 0 Å². The standard InChI is InChI=1S/C16H22N2O/c1-11(2)14-16(9-6-10-18(14)3)12-7-4-5-8-13(12)17-15(16)19/h4-5,7-8,11,14H,6,9-10H2,1-3H3,(H,17,19)/t14-,16?/m1/s1. The van der Waals surface area contributed by atoms with Crippen molar-refractivity contribution in [3.05, 3.63) is 29.8 Å². The Bertz CT molecular complexity index is 511. The number of hydrogen-bond acceptors (Lipinski definition) is 2. The van der Waals surface area contributed by atoms with Gasteiger partial charge < -0.3 is 10.2 Å². The largest absolute Gasteiger partial charge is 0.325 e. The first-order valence-corrected chi connectivity index (χ1v) is 7.18. The van der Waals surface area contributed by atoms with Crippen LogP contribution in [0.3, 0.4) is 0 Å². The van der Waals surface area contributed by atoms with Gasteiger partial charge in [0.2, 0.25) is 5.91 Å². The molecule has 1 spiro atoms. The van der Waals surface area contributed by atoms with Gasteiger partial charge in [0.05, 0.1) is 5.41 Å². The number of hydrogen-bond donors (Lipinski definition) is 1. The SMILES string of the molecule is CC(C)[C@H]1N(C)CCCC12C(=O)Nc1ccccc12. The number of anilines is 1. The number of carbonyl (C=O) groups is 1. The van der Waals surface area contributed by atoms with Crippen LogP contribution in [0.2, 0.25) is 0 Å². The van der Waals surface area contributed by atoms with Crippen LogP contribution in [-0.4, -0.2) is 30.4 Å². The van der Waals surface area contributed by atoms with Gasteiger partial charge in [-0.3, -0.25) is 4.79 Å². The van der Waals surface area contributed by atoms with Crippen LogP contribution in [-0.2, 0) is 10.2 Å². The summed E-state index contributed by atoms with van der Waals surface area (Å²) in [6.45, 7) is 5.53. The van der Waals surface area contributed by atoms with Gasteiger partial charge >= 0.3 is 0 Å². The summed E-state index contributed by atoms with van der Waals surface area (Å²) >= 11 is 0. The number of benzene rings is 1. The first-order valence-electron chi connectivity index (χ1n) is 7.18. The highest BCUT2D eigenvalue weighted by molar-refractivity contribution is 6.07. The quantitative estimate of drug-likeness (QED) is 0.840. The van der Waals surface area contributed by atoms with Crippen molar-refractivity contribution < 1.29 is 4.79 Å². The molecule has 3 rings (SSSR count). The number of likely N-dealkylation sites (tertiary alicyclic amines) is 1. The minimum atomic E-state index is -0.349. The monoisotopic (exact) mass is 258 g/mol. The second kappa shape index (κ2) is 4.34. The van der Waals surface area contributed by atoms with Gasteiger partial charge in [-0.1, -0.05) is 32.0 Å². The normalized spacial score (nSPS) is 30.7. The molecule has 3 heteroatoms. The number of nitrogens with zero attached hydrogens (tertiary/aromatic N) is 1. The Hall–Kier alpha value is -1.35. The molecule has 1 amide bonds. The van der Waals surface area contributed by atoms with Crippen molar-refractivity contribution in [2.45, 2.75) is 38.1 Å². The maximum absolute atomic E-state index is 12.7. The predicted molar refractivity (Wildman–Crippen MR) is 77.2 cm³/mol. The smallest absolute Gasteiger partial charge is 0.236 e. The fourth-order valence-electron chi connectivity index (χ4n) is 4.23. The molecule has 0 aromatic heterocycles. The number of carbonyl (C=O) groups excluding carboxylic acids is 1. The molecule has 2 aliphatic rings. The number of fused-ring (bicyclic) bond motifs is 2. The van der Waals surface area contributed by atoms with E-state index >= 15 is 0 Å². The van der Waals surface area contributed by atoms with Gasteiger partial charge in [0, 0.05) is 11.7 Å². The number of rotatable bonds is 1. The van der Waals surface area contributed by atoms with Crippen LogP contribution in [0.15, 0.2) is 24.3 Å². The molecule has 1 aromatic rings. The Labute approximate surface area is 115 Å². The molecular formula is C16H22N2O. The lowest BCUT2D eigenvalue weighted by atomic mass is 9.66. The molecule has 1 N–H and O–H groups in total. The van der Waals surface area contributed by atoms with Crippen molar-refractivity contribution in [1.82, 2.24) is 4.90 Å². The fourth-order valence-corrected chi connectivity index (χ4v) is 4.23. The molecule has 2 heterocycles. The van der Waals surface area contributed by atoms with Crippen LogP contribution in [0.4, 0.5) is 5.69 Å². The molecule has 2 atom stereocenters. The molecule has 19 heavy (non-hydrogen) atoms. The van der Waals surface area contributed by atoms with Crippen molar-refractivity contribution in [2.24, 2.45) is 5.92 Å². The minimum Gasteiger partial charge on any atom is -0.325 e. The third kappa shape index (κ3) is 1.64. The van der Waals surface area contributed by atoms with Gasteiger partial charge in [0.25, 0.3) is 0 Å². The van der Waals surface area contributed by atoms with E-state index in [2.05, 4.69) is 37.2 Å². The number of amides is 1. The summed E-state index contributed by atoms with van der Waals surface area (Å²) in [5.74, 6) is 0.654. The van der Waals surface area contributed by atoms with E-state index in [0.717, 1.165) is 25.1 Å². The maximum atomic E-state index is 12.7. The van der Waals surface area contributed by atoms with E-state index in [1.54, 1.807) is 0 Å². The van der Waals surface area contributed by atoms with Crippen LogP contribution in [0.1, 0.15) is 32.3 Å². The summed E-state index contributed by atoms with van der Waals surface area (Å²) < 4.78 is 0. The Kier molecular flexibility index (Phi) is 2.90. The van der Waals surface area contributed by atoms with Crippen LogP contribution in [0, 0.1) is 5.92 Å². The first kappa shape index (κ1) is 12.7. The van der Waals surface area contributed by atoms with Crippen LogP contribution < -0.4 is 5.32 Å². The molecule has 1 fully saturated rings. The molecule has 1 saturated heterocycles. The third-order valence-electron chi connectivity index (χ3n) is 4.75. The molecule has 3 nitrogen and oxygen atoms in total. The molecule has 0 saturated carbocycles. The van der Waals surface area contributed by atoms with E-state index in [9.17, 15) is 4.79 Å². The van der Waals surface area contributed by atoms with Crippen molar-refractivity contribution in [1.29, 1.82) is 0 Å². The number of para-hydroxylation sites is 1. The summed E-state index contributed by atoms with van der Waals surface area (Å²) in [4.78, 5) is 15.1. The summed E-state index contributed by atoms with van der Waals surface area (Å²) in [7, 11) is 2.15. The maximum Gasteiger partial charge on any atom is 0.236 e. The lowest BCUT2D eigenvalue weighted by Gasteiger charge is -2.47. The van der Waals surface area contributed by atoms with E-state index in [0.29, 0.717) is 5.92 Å². The Balaban J connectivity index is 2.17. The summed E-state index contributed by atoms with van der Waals surface area (Å²) in [6, 6.07) is 8.47. The van der Waals surface area contributed by atoms with Crippen molar-refractivity contribution in [3.63, 3.8) is 0 Å². The van der Waals surface area contributed by atoms with E-state index in [1.807, 2.05) is 18.2 Å². The molecule has 1 aromatic carbocycles. The van der Waals surface area contributed by atoms with Gasteiger partial charge in [-0.2, -0.15) is 0 Å². The number of nitrogens with one attached hydrogen (secondary N) is 1.